The fraction of sp³-hybridized carbons (Fsp3) is 0.545. The van der Waals surface area contributed by atoms with Crippen LogP contribution in [0.1, 0.15) is 32.9 Å². The number of hydrogen-bond acceptors (Lipinski definition) is 2. The molecule has 1 aromatic heterocycles. The molecule has 1 atom stereocenters. The maximum atomic E-state index is 12.0. The molecule has 0 saturated carbocycles. The van der Waals surface area contributed by atoms with Gasteiger partial charge in [-0.05, 0) is 27.2 Å². The van der Waals surface area contributed by atoms with Gasteiger partial charge >= 0.3 is 0 Å². The number of rotatable bonds is 2. The first kappa shape index (κ1) is 11.4. The molecule has 2 heterocycles. The fourth-order valence-corrected chi connectivity index (χ4v) is 2.22. The van der Waals surface area contributed by atoms with Gasteiger partial charge in [-0.2, -0.15) is 0 Å². The van der Waals surface area contributed by atoms with Crippen LogP contribution in [0.25, 0.3) is 5.70 Å². The second-order valence-corrected chi connectivity index (χ2v) is 6.83. The van der Waals surface area contributed by atoms with E-state index in [1.54, 1.807) is 6.20 Å². The molecule has 0 spiro atoms. The Morgan fingerprint density at radius 3 is 2.94 bits per heavy atom. The lowest BCUT2D eigenvalue weighted by atomic mass is 10.2. The van der Waals surface area contributed by atoms with Crippen molar-refractivity contribution in [2.24, 2.45) is 0 Å². The van der Waals surface area contributed by atoms with Gasteiger partial charge in [-0.3, -0.25) is 0 Å². The lowest BCUT2D eigenvalue weighted by Crippen LogP contribution is -2.33. The molecule has 0 radical (unpaired) electrons. The van der Waals surface area contributed by atoms with Crippen molar-refractivity contribution in [1.29, 1.82) is 0 Å². The molecule has 1 unspecified atom stereocenters. The van der Waals surface area contributed by atoms with Crippen molar-refractivity contribution in [3.8, 4) is 0 Å². The molecule has 0 bridgehead atoms. The van der Waals surface area contributed by atoms with Gasteiger partial charge in [0.05, 0.1) is 28.7 Å². The molecule has 0 fully saturated rings. The highest BCUT2D eigenvalue weighted by molar-refractivity contribution is 7.84. The Bertz CT molecular complexity index is 442. The van der Waals surface area contributed by atoms with E-state index in [1.165, 1.54) is 0 Å². The van der Waals surface area contributed by atoms with Crippen LogP contribution in [-0.2, 0) is 17.5 Å². The number of nitrogens with one attached hydrogen (secondary N) is 1. The molecule has 5 heteroatoms. The Hall–Kier alpha value is -1.10. The number of aryl methyl sites for hydroxylation is 1. The molecule has 0 saturated heterocycles. The van der Waals surface area contributed by atoms with Crippen LogP contribution in [0.4, 0.5) is 0 Å². The zero-order valence-corrected chi connectivity index (χ0v) is 10.7. The molecule has 88 valence electrons. The number of imidazole rings is 1. The number of aromatic nitrogens is 2. The third-order valence-corrected chi connectivity index (χ3v) is 3.98. The molecule has 1 aliphatic heterocycles. The van der Waals surface area contributed by atoms with Gasteiger partial charge in [0.15, 0.2) is 0 Å². The predicted molar refractivity (Wildman–Crippen MR) is 65.9 cm³/mol. The Balaban J connectivity index is 2.18. The minimum Gasteiger partial charge on any atom is -0.329 e. The van der Waals surface area contributed by atoms with E-state index >= 15 is 0 Å². The molecule has 0 amide bonds. The van der Waals surface area contributed by atoms with E-state index in [0.717, 1.165) is 24.4 Å². The molecular formula is C11H17N3OS. The summed E-state index contributed by atoms with van der Waals surface area (Å²) in [5, 5.41) is 0. The quantitative estimate of drug-likeness (QED) is 0.853. The molecule has 2 rings (SSSR count). The van der Waals surface area contributed by atoms with Gasteiger partial charge in [-0.25, -0.2) is 9.19 Å². The van der Waals surface area contributed by atoms with E-state index in [2.05, 4.69) is 20.3 Å². The normalized spacial score (nSPS) is 17.6. The van der Waals surface area contributed by atoms with Crippen LogP contribution in [0.2, 0.25) is 0 Å². The van der Waals surface area contributed by atoms with Gasteiger partial charge < -0.3 is 9.29 Å². The first-order valence-electron chi connectivity index (χ1n) is 5.37. The lowest BCUT2D eigenvalue weighted by Gasteiger charge is -2.22. The summed E-state index contributed by atoms with van der Waals surface area (Å²) in [6.07, 6.45) is 6.65. The van der Waals surface area contributed by atoms with Crippen molar-refractivity contribution >= 4 is 16.7 Å². The van der Waals surface area contributed by atoms with Crippen molar-refractivity contribution in [2.75, 3.05) is 0 Å². The fourth-order valence-electron chi connectivity index (χ4n) is 1.52. The Kier molecular flexibility index (Phi) is 2.88. The molecule has 1 N–H and O–H groups in total. The summed E-state index contributed by atoms with van der Waals surface area (Å²) in [7, 11) is -1.09. The van der Waals surface area contributed by atoms with Crippen molar-refractivity contribution in [3.63, 3.8) is 0 Å². The molecule has 1 aromatic rings. The van der Waals surface area contributed by atoms with Gasteiger partial charge in [-0.15, -0.1) is 0 Å². The van der Waals surface area contributed by atoms with Crippen molar-refractivity contribution in [2.45, 2.75) is 38.5 Å². The Labute approximate surface area is 98.4 Å². The third kappa shape index (κ3) is 2.19. The van der Waals surface area contributed by atoms with Crippen LogP contribution < -0.4 is 4.72 Å². The zero-order chi connectivity index (χ0) is 11.8. The maximum absolute atomic E-state index is 12.0. The van der Waals surface area contributed by atoms with Gasteiger partial charge in [-0.1, -0.05) is 6.08 Å². The van der Waals surface area contributed by atoms with Gasteiger partial charge in [0.2, 0.25) is 0 Å². The van der Waals surface area contributed by atoms with Gasteiger partial charge in [0, 0.05) is 6.54 Å². The molecule has 1 aliphatic rings. The summed E-state index contributed by atoms with van der Waals surface area (Å²) in [6, 6.07) is 0. The van der Waals surface area contributed by atoms with Crippen LogP contribution in [-0.4, -0.2) is 18.5 Å². The van der Waals surface area contributed by atoms with Gasteiger partial charge in [0.25, 0.3) is 0 Å². The van der Waals surface area contributed by atoms with Crippen LogP contribution >= 0.6 is 0 Å². The Morgan fingerprint density at radius 2 is 2.25 bits per heavy atom. The average Bonchev–Trinajstić information content (AvgIpc) is 2.65. The minimum absolute atomic E-state index is 0.261. The summed E-state index contributed by atoms with van der Waals surface area (Å²) >= 11 is 0. The molecule has 0 aromatic carbocycles. The third-order valence-electron chi connectivity index (χ3n) is 2.47. The number of allylic oxidation sites excluding steroid dienone is 1. The minimum atomic E-state index is -1.09. The number of hydrogen-bond donors (Lipinski definition) is 1. The maximum Gasteiger partial charge on any atom is 0.122 e. The average molecular weight is 239 g/mol. The van der Waals surface area contributed by atoms with E-state index in [-0.39, 0.29) is 4.75 Å². The van der Waals surface area contributed by atoms with E-state index < -0.39 is 11.0 Å². The topological polar surface area (TPSA) is 46.9 Å². The summed E-state index contributed by atoms with van der Waals surface area (Å²) in [5.74, 6) is 0. The lowest BCUT2D eigenvalue weighted by molar-refractivity contribution is 0.642. The largest absolute Gasteiger partial charge is 0.329 e. The summed E-state index contributed by atoms with van der Waals surface area (Å²) in [6.45, 7) is 6.81. The second kappa shape index (κ2) is 4.05. The zero-order valence-electron chi connectivity index (χ0n) is 9.86. The monoisotopic (exact) mass is 239 g/mol. The first-order valence-corrected chi connectivity index (χ1v) is 6.52. The highest BCUT2D eigenvalue weighted by Gasteiger charge is 2.22. The Morgan fingerprint density at radius 1 is 1.50 bits per heavy atom. The van der Waals surface area contributed by atoms with Crippen molar-refractivity contribution in [1.82, 2.24) is 14.3 Å². The smallest absolute Gasteiger partial charge is 0.122 e. The molecular weight excluding hydrogens is 222 g/mol. The van der Waals surface area contributed by atoms with E-state index in [4.69, 9.17) is 0 Å². The van der Waals surface area contributed by atoms with Crippen LogP contribution in [0.15, 0.2) is 18.6 Å². The molecule has 16 heavy (non-hydrogen) atoms. The predicted octanol–water partition coefficient (Wildman–Crippen LogP) is 1.68. The van der Waals surface area contributed by atoms with Gasteiger partial charge in [0.1, 0.15) is 11.0 Å². The van der Waals surface area contributed by atoms with E-state index in [1.807, 2.05) is 27.1 Å². The standard InChI is InChI=1S/C11H17N3OS/c1-11(2,3)16(15)13-9-5-4-6-14-8-12-7-10(9)14/h5,7-8,13H,4,6H2,1-3H3. The second-order valence-electron chi connectivity index (χ2n) is 4.86. The summed E-state index contributed by atoms with van der Waals surface area (Å²) in [5.41, 5.74) is 1.95. The van der Waals surface area contributed by atoms with E-state index in [9.17, 15) is 4.21 Å². The first-order chi connectivity index (χ1) is 7.48. The van der Waals surface area contributed by atoms with Crippen LogP contribution in [0.5, 0.6) is 0 Å². The summed E-state index contributed by atoms with van der Waals surface area (Å²) < 4.78 is 16.9. The highest BCUT2D eigenvalue weighted by Crippen LogP contribution is 2.20. The van der Waals surface area contributed by atoms with Crippen molar-refractivity contribution < 1.29 is 4.21 Å². The van der Waals surface area contributed by atoms with Crippen LogP contribution in [0, 0.1) is 0 Å². The SMILES string of the molecule is CC(C)(C)S(=O)NC1=CCCn2cncc21. The molecule has 0 aliphatic carbocycles. The van der Waals surface area contributed by atoms with Crippen molar-refractivity contribution in [3.05, 3.63) is 24.3 Å². The molecule has 4 nitrogen and oxygen atoms in total. The summed E-state index contributed by atoms with van der Waals surface area (Å²) in [4.78, 5) is 4.11. The number of nitrogens with zero attached hydrogens (tertiary/aromatic N) is 2. The van der Waals surface area contributed by atoms with Crippen LogP contribution in [0.3, 0.4) is 0 Å². The van der Waals surface area contributed by atoms with E-state index in [0.29, 0.717) is 0 Å². The highest BCUT2D eigenvalue weighted by atomic mass is 32.2. The number of fused-ring (bicyclic) bond motifs is 1.